The number of aromatic nitrogens is 1. The summed E-state index contributed by atoms with van der Waals surface area (Å²) in [6, 6.07) is 19.3. The van der Waals surface area contributed by atoms with Crippen molar-refractivity contribution >= 4 is 23.2 Å². The van der Waals surface area contributed by atoms with E-state index < -0.39 is 17.7 Å². The van der Waals surface area contributed by atoms with Gasteiger partial charge in [-0.25, -0.2) is 0 Å². The zero-order valence-electron chi connectivity index (χ0n) is 15.3. The zero-order chi connectivity index (χ0) is 19.4. The fourth-order valence-electron chi connectivity index (χ4n) is 2.78. The van der Waals surface area contributed by atoms with Crippen LogP contribution < -0.4 is 4.74 Å². The van der Waals surface area contributed by atoms with Gasteiger partial charge < -0.3 is 14.4 Å². The molecule has 2 atom stereocenters. The molecule has 1 N–H and O–H groups in total. The van der Waals surface area contributed by atoms with E-state index in [1.165, 1.54) is 0 Å². The summed E-state index contributed by atoms with van der Waals surface area (Å²) in [6.45, 7) is 3.85. The van der Waals surface area contributed by atoms with E-state index in [1.807, 2.05) is 91.5 Å². The van der Waals surface area contributed by atoms with Gasteiger partial charge in [0.2, 0.25) is 6.23 Å². The molecular formula is C22H23Cl2NO2. The third-order valence-corrected chi connectivity index (χ3v) is 5.57. The Labute approximate surface area is 170 Å². The molecule has 0 fully saturated rings. The Balaban J connectivity index is 1.82. The number of aliphatic hydroxyl groups is 1. The van der Waals surface area contributed by atoms with Crippen molar-refractivity contribution in [2.24, 2.45) is 5.41 Å². The quantitative estimate of drug-likeness (QED) is 0.489. The lowest BCUT2D eigenvalue weighted by Crippen LogP contribution is -2.41. The minimum atomic E-state index is -0.779. The molecule has 0 aliphatic rings. The number of nitrogens with zero attached hydrogens (tertiary/aromatic N) is 1. The van der Waals surface area contributed by atoms with Gasteiger partial charge in [-0.1, -0.05) is 49.7 Å². The van der Waals surface area contributed by atoms with E-state index in [4.69, 9.17) is 27.9 Å². The predicted octanol–water partition coefficient (Wildman–Crippen LogP) is 6.01. The molecule has 1 aromatic heterocycles. The monoisotopic (exact) mass is 403 g/mol. The van der Waals surface area contributed by atoms with Crippen molar-refractivity contribution in [1.82, 2.24) is 4.57 Å². The summed E-state index contributed by atoms with van der Waals surface area (Å²) in [7, 11) is 0. The van der Waals surface area contributed by atoms with Crippen LogP contribution in [0.4, 0.5) is 0 Å². The molecule has 3 nitrogen and oxygen atoms in total. The van der Waals surface area contributed by atoms with Gasteiger partial charge >= 0.3 is 0 Å². The van der Waals surface area contributed by atoms with E-state index in [-0.39, 0.29) is 0 Å². The molecule has 3 rings (SSSR count). The molecular weight excluding hydrogens is 381 g/mol. The van der Waals surface area contributed by atoms with Crippen LogP contribution in [-0.4, -0.2) is 21.7 Å². The van der Waals surface area contributed by atoms with Crippen molar-refractivity contribution in [3.63, 3.8) is 0 Å². The lowest BCUT2D eigenvalue weighted by Gasteiger charge is -2.35. The van der Waals surface area contributed by atoms with E-state index >= 15 is 0 Å². The summed E-state index contributed by atoms with van der Waals surface area (Å²) in [5.74, 6) is 1.00. The Morgan fingerprint density at radius 1 is 0.963 bits per heavy atom. The second-order valence-electron chi connectivity index (χ2n) is 7.24. The Morgan fingerprint density at radius 3 is 2.00 bits per heavy atom. The van der Waals surface area contributed by atoms with Gasteiger partial charge in [0.05, 0.1) is 0 Å². The number of rotatable bonds is 7. The molecule has 27 heavy (non-hydrogen) atoms. The molecule has 3 aromatic rings. The number of benzene rings is 2. The first-order valence-corrected chi connectivity index (χ1v) is 9.71. The van der Waals surface area contributed by atoms with Crippen molar-refractivity contribution in [2.45, 2.75) is 26.2 Å². The van der Waals surface area contributed by atoms with Crippen LogP contribution in [0.1, 0.15) is 20.1 Å². The third kappa shape index (κ3) is 4.67. The highest BCUT2D eigenvalue weighted by Gasteiger charge is 2.36. The summed E-state index contributed by atoms with van der Waals surface area (Å²) in [6.07, 6.45) is 2.40. The van der Waals surface area contributed by atoms with Crippen molar-refractivity contribution in [3.05, 3.63) is 78.1 Å². The van der Waals surface area contributed by atoms with Crippen LogP contribution in [0.5, 0.6) is 5.75 Å². The van der Waals surface area contributed by atoms with Crippen LogP contribution in [0.3, 0.4) is 0 Å². The number of halogens is 2. The number of aliphatic hydroxyl groups excluding tert-OH is 1. The van der Waals surface area contributed by atoms with Crippen LogP contribution in [0.2, 0.25) is 5.02 Å². The van der Waals surface area contributed by atoms with Gasteiger partial charge in [-0.05, 0) is 47.5 Å². The lowest BCUT2D eigenvalue weighted by molar-refractivity contribution is -0.0660. The Morgan fingerprint density at radius 2 is 1.48 bits per heavy atom. The molecule has 0 radical (unpaired) electrons. The van der Waals surface area contributed by atoms with E-state index in [1.54, 1.807) is 0 Å². The third-order valence-electron chi connectivity index (χ3n) is 4.63. The highest BCUT2D eigenvalue weighted by Crippen LogP contribution is 2.33. The van der Waals surface area contributed by atoms with E-state index in [0.717, 1.165) is 11.1 Å². The van der Waals surface area contributed by atoms with Crippen molar-refractivity contribution in [2.75, 3.05) is 5.88 Å². The van der Waals surface area contributed by atoms with Gasteiger partial charge in [-0.15, -0.1) is 11.6 Å². The first-order chi connectivity index (χ1) is 12.9. The highest BCUT2D eigenvalue weighted by atomic mass is 35.5. The fourth-order valence-corrected chi connectivity index (χ4v) is 3.06. The number of hydrogen-bond acceptors (Lipinski definition) is 2. The second kappa shape index (κ2) is 8.39. The molecule has 2 aromatic carbocycles. The minimum absolute atomic E-state index is 0.324. The molecule has 0 saturated carbocycles. The maximum atomic E-state index is 10.9. The number of ether oxygens (including phenoxy) is 1. The summed E-state index contributed by atoms with van der Waals surface area (Å²) in [5.41, 5.74) is 1.65. The lowest BCUT2D eigenvalue weighted by atomic mass is 9.87. The second-order valence-corrected chi connectivity index (χ2v) is 7.94. The first-order valence-electron chi connectivity index (χ1n) is 8.80. The summed E-state index contributed by atoms with van der Waals surface area (Å²) >= 11 is 12.0. The number of hydrogen-bond donors (Lipinski definition) is 1. The maximum absolute atomic E-state index is 10.9. The van der Waals surface area contributed by atoms with Crippen LogP contribution in [0, 0.1) is 5.41 Å². The first kappa shape index (κ1) is 19.8. The number of alkyl halides is 1. The van der Waals surface area contributed by atoms with Crippen LogP contribution in [0.15, 0.2) is 73.1 Å². The molecule has 0 aliphatic carbocycles. The van der Waals surface area contributed by atoms with Gasteiger partial charge in [0.1, 0.15) is 11.9 Å². The average molecular weight is 404 g/mol. The van der Waals surface area contributed by atoms with Gasteiger partial charge in [0.25, 0.3) is 0 Å². The highest BCUT2D eigenvalue weighted by molar-refractivity contribution is 6.30. The zero-order valence-corrected chi connectivity index (χ0v) is 16.9. The molecule has 1 heterocycles. The standard InChI is InChI=1S/C22H23Cl2NO2/c1-22(2,15-23)20(26)21(25-13-3-4-14-25)27-19-11-7-17(8-12-19)16-5-9-18(24)10-6-16/h3-14,20-21,26H,15H2,1-2H3. The van der Waals surface area contributed by atoms with Gasteiger partial charge in [0.15, 0.2) is 0 Å². The smallest absolute Gasteiger partial charge is 0.202 e. The summed E-state index contributed by atoms with van der Waals surface area (Å²) in [5, 5.41) is 11.6. The molecule has 0 saturated heterocycles. The van der Waals surface area contributed by atoms with E-state index in [9.17, 15) is 5.11 Å². The normalized spacial score (nSPS) is 14.0. The van der Waals surface area contributed by atoms with Crippen LogP contribution in [0.25, 0.3) is 11.1 Å². The Hall–Kier alpha value is -1.94. The molecule has 0 amide bonds. The SMILES string of the molecule is CC(C)(CCl)C(O)C(Oc1ccc(-c2ccc(Cl)cc2)cc1)n1cccc1. The Bertz CT molecular complexity index is 843. The van der Waals surface area contributed by atoms with Crippen molar-refractivity contribution in [1.29, 1.82) is 0 Å². The van der Waals surface area contributed by atoms with Crippen molar-refractivity contribution in [3.8, 4) is 16.9 Å². The molecule has 0 aliphatic heterocycles. The topological polar surface area (TPSA) is 34.4 Å². The maximum Gasteiger partial charge on any atom is 0.202 e. The molecule has 0 spiro atoms. The van der Waals surface area contributed by atoms with Crippen LogP contribution >= 0.6 is 23.2 Å². The fraction of sp³-hybridized carbons (Fsp3) is 0.273. The van der Waals surface area contributed by atoms with Gasteiger partial charge in [-0.3, -0.25) is 0 Å². The van der Waals surface area contributed by atoms with E-state index in [0.29, 0.717) is 16.7 Å². The molecule has 5 heteroatoms. The summed E-state index contributed by atoms with van der Waals surface area (Å²) in [4.78, 5) is 0. The average Bonchev–Trinajstić information content (AvgIpc) is 3.21. The van der Waals surface area contributed by atoms with Gasteiger partial charge in [0, 0.05) is 28.7 Å². The van der Waals surface area contributed by atoms with E-state index in [2.05, 4.69) is 0 Å². The van der Waals surface area contributed by atoms with Crippen molar-refractivity contribution < 1.29 is 9.84 Å². The molecule has 142 valence electrons. The predicted molar refractivity (Wildman–Crippen MR) is 111 cm³/mol. The molecule has 0 bridgehead atoms. The van der Waals surface area contributed by atoms with Crippen LogP contribution in [-0.2, 0) is 0 Å². The minimum Gasteiger partial charge on any atom is -0.467 e. The summed E-state index contributed by atoms with van der Waals surface area (Å²) < 4.78 is 8.01. The van der Waals surface area contributed by atoms with Gasteiger partial charge in [-0.2, -0.15) is 0 Å². The Kier molecular flexibility index (Phi) is 6.15. The molecule has 2 unspecified atom stereocenters. The largest absolute Gasteiger partial charge is 0.467 e.